The lowest BCUT2D eigenvalue weighted by Crippen LogP contribution is -2.36. The molecule has 0 aliphatic carbocycles. The number of esters is 1. The SMILES string of the molecule is COC(=O)CCCNC(=O)c1ccc(C)c(S(=O)(=O)N2CCCCC2)c1. The first-order valence-electron chi connectivity index (χ1n) is 8.82. The number of nitrogens with zero attached hydrogens (tertiary/aromatic N) is 1. The molecule has 0 spiro atoms. The van der Waals surface area contributed by atoms with Crippen LogP contribution in [0.1, 0.15) is 48.0 Å². The lowest BCUT2D eigenvalue weighted by molar-refractivity contribution is -0.140. The molecule has 0 bridgehead atoms. The summed E-state index contributed by atoms with van der Waals surface area (Å²) >= 11 is 0. The van der Waals surface area contributed by atoms with E-state index >= 15 is 0 Å². The number of piperidine rings is 1. The second-order valence-electron chi connectivity index (χ2n) is 6.38. The van der Waals surface area contributed by atoms with Crippen LogP contribution in [-0.4, -0.2) is 51.3 Å². The molecule has 1 aliphatic rings. The molecule has 1 aliphatic heterocycles. The third-order valence-corrected chi connectivity index (χ3v) is 6.49. The second-order valence-corrected chi connectivity index (χ2v) is 8.29. The minimum absolute atomic E-state index is 0.182. The van der Waals surface area contributed by atoms with Gasteiger partial charge in [-0.3, -0.25) is 9.59 Å². The number of hydrogen-bond acceptors (Lipinski definition) is 5. The van der Waals surface area contributed by atoms with Gasteiger partial charge in [0.2, 0.25) is 10.0 Å². The number of nitrogens with one attached hydrogen (secondary N) is 1. The van der Waals surface area contributed by atoms with E-state index in [0.29, 0.717) is 37.2 Å². The summed E-state index contributed by atoms with van der Waals surface area (Å²) in [4.78, 5) is 23.5. The van der Waals surface area contributed by atoms with Gasteiger partial charge in [0, 0.05) is 31.6 Å². The van der Waals surface area contributed by atoms with Crippen LogP contribution in [0, 0.1) is 6.92 Å². The molecule has 0 aromatic heterocycles. The molecule has 7 nitrogen and oxygen atoms in total. The molecule has 1 aromatic rings. The molecule has 1 saturated heterocycles. The Morgan fingerprint density at radius 1 is 1.19 bits per heavy atom. The van der Waals surface area contributed by atoms with Gasteiger partial charge in [0.05, 0.1) is 12.0 Å². The highest BCUT2D eigenvalue weighted by Gasteiger charge is 2.28. The van der Waals surface area contributed by atoms with Crippen molar-refractivity contribution in [2.75, 3.05) is 26.7 Å². The Bertz CT molecular complexity index is 755. The zero-order valence-corrected chi connectivity index (χ0v) is 16.1. The molecule has 8 heteroatoms. The van der Waals surface area contributed by atoms with Crippen molar-refractivity contribution in [3.8, 4) is 0 Å². The van der Waals surface area contributed by atoms with E-state index in [0.717, 1.165) is 19.3 Å². The van der Waals surface area contributed by atoms with Gasteiger partial charge in [-0.1, -0.05) is 12.5 Å². The molecular formula is C18H26N2O5S. The fraction of sp³-hybridized carbons (Fsp3) is 0.556. The fourth-order valence-corrected chi connectivity index (χ4v) is 4.67. The molecule has 0 saturated carbocycles. The maximum atomic E-state index is 12.9. The third kappa shape index (κ3) is 5.04. The van der Waals surface area contributed by atoms with Crippen molar-refractivity contribution in [2.24, 2.45) is 0 Å². The molecule has 2 rings (SSSR count). The number of hydrogen-bond donors (Lipinski definition) is 1. The van der Waals surface area contributed by atoms with E-state index < -0.39 is 10.0 Å². The number of ether oxygens (including phenoxy) is 1. The van der Waals surface area contributed by atoms with Crippen molar-refractivity contribution in [2.45, 2.75) is 43.9 Å². The Morgan fingerprint density at radius 2 is 1.88 bits per heavy atom. The van der Waals surface area contributed by atoms with Crippen molar-refractivity contribution in [1.29, 1.82) is 0 Å². The van der Waals surface area contributed by atoms with E-state index in [1.807, 2.05) is 0 Å². The zero-order chi connectivity index (χ0) is 19.2. The Labute approximate surface area is 154 Å². The molecule has 1 heterocycles. The van der Waals surface area contributed by atoms with Crippen molar-refractivity contribution in [3.05, 3.63) is 29.3 Å². The van der Waals surface area contributed by atoms with Gasteiger partial charge in [-0.15, -0.1) is 0 Å². The van der Waals surface area contributed by atoms with E-state index in [1.54, 1.807) is 19.1 Å². The predicted octanol–water partition coefficient (Wildman–Crippen LogP) is 1.85. The van der Waals surface area contributed by atoms with Gasteiger partial charge in [0.25, 0.3) is 5.91 Å². The topological polar surface area (TPSA) is 92.8 Å². The van der Waals surface area contributed by atoms with E-state index in [9.17, 15) is 18.0 Å². The van der Waals surface area contributed by atoms with Crippen molar-refractivity contribution >= 4 is 21.9 Å². The Balaban J connectivity index is 2.08. The first-order valence-corrected chi connectivity index (χ1v) is 10.3. The van der Waals surface area contributed by atoms with Crippen LogP contribution < -0.4 is 5.32 Å². The van der Waals surface area contributed by atoms with Crippen LogP contribution in [0.15, 0.2) is 23.1 Å². The molecule has 1 fully saturated rings. The first-order chi connectivity index (χ1) is 12.4. The van der Waals surface area contributed by atoms with Crippen LogP contribution in [0.3, 0.4) is 0 Å². The van der Waals surface area contributed by atoms with Crippen LogP contribution in [-0.2, 0) is 19.6 Å². The van der Waals surface area contributed by atoms with Crippen LogP contribution >= 0.6 is 0 Å². The molecule has 144 valence electrons. The maximum absolute atomic E-state index is 12.9. The van der Waals surface area contributed by atoms with E-state index in [4.69, 9.17) is 0 Å². The number of rotatable bonds is 7. The number of aryl methyl sites for hydroxylation is 1. The quantitative estimate of drug-likeness (QED) is 0.574. The summed E-state index contributed by atoms with van der Waals surface area (Å²) in [6.07, 6.45) is 3.44. The average molecular weight is 382 g/mol. The predicted molar refractivity (Wildman–Crippen MR) is 97.4 cm³/mol. The average Bonchev–Trinajstić information content (AvgIpc) is 2.65. The van der Waals surface area contributed by atoms with Gasteiger partial charge in [0.1, 0.15) is 0 Å². The summed E-state index contributed by atoms with van der Waals surface area (Å²) in [5.74, 6) is -0.686. The number of methoxy groups -OCH3 is 1. The minimum atomic E-state index is -3.60. The highest BCUT2D eigenvalue weighted by Crippen LogP contribution is 2.24. The monoisotopic (exact) mass is 382 g/mol. The van der Waals surface area contributed by atoms with Crippen LogP contribution in [0.2, 0.25) is 0 Å². The Morgan fingerprint density at radius 3 is 2.54 bits per heavy atom. The second kappa shape index (κ2) is 9.14. The summed E-state index contributed by atoms with van der Waals surface area (Å²) in [6, 6.07) is 4.70. The standard InChI is InChI=1S/C18H26N2O5S/c1-14-8-9-15(18(22)19-10-6-7-17(21)25-2)13-16(14)26(23,24)20-11-4-3-5-12-20/h8-9,13H,3-7,10-12H2,1-2H3,(H,19,22). The summed E-state index contributed by atoms with van der Waals surface area (Å²) in [6.45, 7) is 3.09. The van der Waals surface area contributed by atoms with Gasteiger partial charge in [-0.05, 0) is 43.9 Å². The van der Waals surface area contributed by atoms with Gasteiger partial charge < -0.3 is 10.1 Å². The number of amides is 1. The highest BCUT2D eigenvalue weighted by atomic mass is 32.2. The summed E-state index contributed by atoms with van der Waals surface area (Å²) in [5.41, 5.74) is 0.919. The number of carbonyl (C=O) groups is 2. The zero-order valence-electron chi connectivity index (χ0n) is 15.3. The van der Waals surface area contributed by atoms with E-state index in [-0.39, 0.29) is 23.2 Å². The highest BCUT2D eigenvalue weighted by molar-refractivity contribution is 7.89. The van der Waals surface area contributed by atoms with Crippen molar-refractivity contribution < 1.29 is 22.7 Å². The molecule has 1 N–H and O–H groups in total. The first kappa shape index (κ1) is 20.4. The Kier molecular flexibility index (Phi) is 7.16. The lowest BCUT2D eigenvalue weighted by atomic mass is 10.1. The molecular weight excluding hydrogens is 356 g/mol. The minimum Gasteiger partial charge on any atom is -0.469 e. The summed E-state index contributed by atoms with van der Waals surface area (Å²) < 4.78 is 31.8. The van der Waals surface area contributed by atoms with Crippen molar-refractivity contribution in [1.82, 2.24) is 9.62 Å². The van der Waals surface area contributed by atoms with E-state index in [1.165, 1.54) is 17.5 Å². The molecule has 26 heavy (non-hydrogen) atoms. The molecule has 1 amide bonds. The molecule has 0 unspecified atom stereocenters. The number of carbonyl (C=O) groups excluding carboxylic acids is 2. The van der Waals surface area contributed by atoms with Crippen LogP contribution in [0.25, 0.3) is 0 Å². The molecule has 1 aromatic carbocycles. The van der Waals surface area contributed by atoms with Gasteiger partial charge in [0.15, 0.2) is 0 Å². The maximum Gasteiger partial charge on any atom is 0.305 e. The summed E-state index contributed by atoms with van der Waals surface area (Å²) in [7, 11) is -2.28. The smallest absolute Gasteiger partial charge is 0.305 e. The number of sulfonamides is 1. The van der Waals surface area contributed by atoms with Gasteiger partial charge >= 0.3 is 5.97 Å². The lowest BCUT2D eigenvalue weighted by Gasteiger charge is -2.26. The third-order valence-electron chi connectivity index (χ3n) is 4.45. The number of benzene rings is 1. The molecule has 0 atom stereocenters. The fourth-order valence-electron chi connectivity index (χ4n) is 2.90. The summed E-state index contributed by atoms with van der Waals surface area (Å²) in [5, 5.41) is 2.70. The van der Waals surface area contributed by atoms with E-state index in [2.05, 4.69) is 10.1 Å². The largest absolute Gasteiger partial charge is 0.469 e. The Hall–Kier alpha value is -1.93. The van der Waals surface area contributed by atoms with Gasteiger partial charge in [-0.2, -0.15) is 4.31 Å². The van der Waals surface area contributed by atoms with Crippen LogP contribution in [0.5, 0.6) is 0 Å². The normalized spacial score (nSPS) is 15.5. The van der Waals surface area contributed by atoms with Crippen LogP contribution in [0.4, 0.5) is 0 Å². The van der Waals surface area contributed by atoms with Gasteiger partial charge in [-0.25, -0.2) is 8.42 Å². The molecule has 0 radical (unpaired) electrons. The van der Waals surface area contributed by atoms with Crippen molar-refractivity contribution in [3.63, 3.8) is 0 Å².